The molecule has 0 saturated carbocycles. The van der Waals surface area contributed by atoms with Gasteiger partial charge in [0.2, 0.25) is 11.8 Å². The summed E-state index contributed by atoms with van der Waals surface area (Å²) in [4.78, 5) is 24.6. The summed E-state index contributed by atoms with van der Waals surface area (Å²) in [6.45, 7) is 6.17. The highest BCUT2D eigenvalue weighted by atomic mass is 16.5. The zero-order valence-corrected chi connectivity index (χ0v) is 11.4. The number of hydrogen-bond acceptors (Lipinski definition) is 3. The first-order valence-electron chi connectivity index (χ1n) is 6.77. The van der Waals surface area contributed by atoms with E-state index in [1.54, 1.807) is 11.8 Å². The molecule has 1 N–H and O–H groups in total. The van der Waals surface area contributed by atoms with Crippen LogP contribution in [-0.2, 0) is 14.3 Å². The topological polar surface area (TPSA) is 58.6 Å². The third-order valence-electron chi connectivity index (χ3n) is 3.10. The van der Waals surface area contributed by atoms with Crippen molar-refractivity contribution < 1.29 is 14.3 Å². The summed E-state index contributed by atoms with van der Waals surface area (Å²) >= 11 is 0. The first-order valence-corrected chi connectivity index (χ1v) is 6.77. The molecule has 5 heteroatoms. The number of nitrogens with one attached hydrogen (secondary N) is 1. The van der Waals surface area contributed by atoms with Gasteiger partial charge in [-0.1, -0.05) is 6.92 Å². The zero-order valence-electron chi connectivity index (χ0n) is 11.4. The highest BCUT2D eigenvalue weighted by Gasteiger charge is 2.16. The van der Waals surface area contributed by atoms with Gasteiger partial charge in [0.05, 0.1) is 6.10 Å². The average molecular weight is 256 g/mol. The molecule has 0 spiro atoms. The molecule has 0 bridgehead atoms. The van der Waals surface area contributed by atoms with Crippen molar-refractivity contribution in [3.8, 4) is 0 Å². The Morgan fingerprint density at radius 1 is 1.39 bits per heavy atom. The van der Waals surface area contributed by atoms with E-state index >= 15 is 0 Å². The maximum Gasteiger partial charge on any atom is 0.221 e. The van der Waals surface area contributed by atoms with E-state index in [1.165, 1.54) is 0 Å². The lowest BCUT2D eigenvalue weighted by Gasteiger charge is -2.20. The molecule has 1 rings (SSSR count). The van der Waals surface area contributed by atoms with Crippen molar-refractivity contribution in [2.75, 3.05) is 26.2 Å². The molecule has 1 atom stereocenters. The fourth-order valence-electron chi connectivity index (χ4n) is 2.05. The third kappa shape index (κ3) is 5.49. The zero-order chi connectivity index (χ0) is 13.4. The Balaban J connectivity index is 2.16. The molecular weight excluding hydrogens is 232 g/mol. The lowest BCUT2D eigenvalue weighted by atomic mass is 10.2. The largest absolute Gasteiger partial charge is 0.376 e. The molecule has 1 heterocycles. The Labute approximate surface area is 109 Å². The van der Waals surface area contributed by atoms with Crippen LogP contribution in [0.3, 0.4) is 0 Å². The lowest BCUT2D eigenvalue weighted by molar-refractivity contribution is -0.129. The van der Waals surface area contributed by atoms with Crippen LogP contribution in [0.25, 0.3) is 0 Å². The van der Waals surface area contributed by atoms with Crippen LogP contribution in [0.1, 0.15) is 39.5 Å². The maximum atomic E-state index is 11.6. The smallest absolute Gasteiger partial charge is 0.221 e. The van der Waals surface area contributed by atoms with E-state index < -0.39 is 0 Å². The molecule has 1 saturated heterocycles. The van der Waals surface area contributed by atoms with Crippen LogP contribution in [0.2, 0.25) is 0 Å². The monoisotopic (exact) mass is 256 g/mol. The molecular formula is C13H24N2O3. The van der Waals surface area contributed by atoms with Gasteiger partial charge in [-0.05, 0) is 19.3 Å². The lowest BCUT2D eigenvalue weighted by Crippen LogP contribution is -2.36. The van der Waals surface area contributed by atoms with E-state index in [0.717, 1.165) is 25.9 Å². The van der Waals surface area contributed by atoms with Gasteiger partial charge in [0.1, 0.15) is 0 Å². The summed E-state index contributed by atoms with van der Waals surface area (Å²) in [5.41, 5.74) is 0. The van der Waals surface area contributed by atoms with E-state index in [1.807, 2.05) is 6.92 Å². The number of carbonyl (C=O) groups excluding carboxylic acids is 2. The minimum absolute atomic E-state index is 0.00662. The van der Waals surface area contributed by atoms with Crippen LogP contribution in [0.4, 0.5) is 0 Å². The van der Waals surface area contributed by atoms with Gasteiger partial charge in [0.25, 0.3) is 0 Å². The van der Waals surface area contributed by atoms with E-state index in [9.17, 15) is 9.59 Å². The Kier molecular flexibility index (Phi) is 6.72. The Morgan fingerprint density at radius 2 is 2.17 bits per heavy atom. The average Bonchev–Trinajstić information content (AvgIpc) is 2.84. The van der Waals surface area contributed by atoms with Crippen molar-refractivity contribution in [3.05, 3.63) is 0 Å². The van der Waals surface area contributed by atoms with Crippen LogP contribution >= 0.6 is 0 Å². The van der Waals surface area contributed by atoms with Crippen molar-refractivity contribution in [2.24, 2.45) is 0 Å². The third-order valence-corrected chi connectivity index (χ3v) is 3.10. The second-order valence-electron chi connectivity index (χ2n) is 4.70. The van der Waals surface area contributed by atoms with Crippen LogP contribution in [0.5, 0.6) is 0 Å². The van der Waals surface area contributed by atoms with Gasteiger partial charge < -0.3 is 15.0 Å². The summed E-state index contributed by atoms with van der Waals surface area (Å²) in [5.74, 6) is 0.0247. The molecule has 0 aromatic carbocycles. The minimum Gasteiger partial charge on any atom is -0.376 e. The first kappa shape index (κ1) is 15.0. The molecule has 1 aliphatic heterocycles. The number of rotatable bonds is 7. The Morgan fingerprint density at radius 3 is 2.72 bits per heavy atom. The van der Waals surface area contributed by atoms with Crippen molar-refractivity contribution >= 4 is 11.8 Å². The minimum atomic E-state index is -0.00662. The summed E-state index contributed by atoms with van der Waals surface area (Å²) in [7, 11) is 0. The highest BCUT2D eigenvalue weighted by molar-refractivity contribution is 5.78. The molecule has 104 valence electrons. The normalized spacial score (nSPS) is 18.7. The SMILES string of the molecule is CCCN(CCC(=O)NCC1CCCO1)C(C)=O. The number of hydrogen-bond donors (Lipinski definition) is 1. The maximum absolute atomic E-state index is 11.6. The first-order chi connectivity index (χ1) is 8.63. The van der Waals surface area contributed by atoms with Gasteiger partial charge in [0.15, 0.2) is 0 Å². The molecule has 1 aliphatic rings. The Bertz CT molecular complexity index is 275. The molecule has 0 aromatic heterocycles. The van der Waals surface area contributed by atoms with Crippen molar-refractivity contribution in [1.82, 2.24) is 10.2 Å². The van der Waals surface area contributed by atoms with Crippen molar-refractivity contribution in [3.63, 3.8) is 0 Å². The Hall–Kier alpha value is -1.10. The van der Waals surface area contributed by atoms with Gasteiger partial charge in [-0.15, -0.1) is 0 Å². The van der Waals surface area contributed by atoms with Gasteiger partial charge in [-0.25, -0.2) is 0 Å². The molecule has 0 aromatic rings. The summed E-state index contributed by atoms with van der Waals surface area (Å²) in [5, 5.41) is 2.86. The highest BCUT2D eigenvalue weighted by Crippen LogP contribution is 2.10. The molecule has 0 radical (unpaired) electrons. The quantitative estimate of drug-likeness (QED) is 0.737. The fraction of sp³-hybridized carbons (Fsp3) is 0.846. The molecule has 0 aliphatic carbocycles. The van der Waals surface area contributed by atoms with E-state index in [-0.39, 0.29) is 17.9 Å². The summed E-state index contributed by atoms with van der Waals surface area (Å²) in [6, 6.07) is 0. The van der Waals surface area contributed by atoms with Crippen LogP contribution in [0, 0.1) is 0 Å². The van der Waals surface area contributed by atoms with E-state index in [4.69, 9.17) is 4.74 Å². The predicted octanol–water partition coefficient (Wildman–Crippen LogP) is 0.930. The second-order valence-corrected chi connectivity index (χ2v) is 4.70. The number of amides is 2. The van der Waals surface area contributed by atoms with Crippen LogP contribution in [-0.4, -0.2) is 49.1 Å². The molecule has 5 nitrogen and oxygen atoms in total. The summed E-state index contributed by atoms with van der Waals surface area (Å²) < 4.78 is 5.43. The number of carbonyl (C=O) groups is 2. The second kappa shape index (κ2) is 8.08. The molecule has 18 heavy (non-hydrogen) atoms. The molecule has 1 unspecified atom stereocenters. The predicted molar refractivity (Wildman–Crippen MR) is 69.1 cm³/mol. The van der Waals surface area contributed by atoms with E-state index in [2.05, 4.69) is 5.32 Å². The number of ether oxygens (including phenoxy) is 1. The van der Waals surface area contributed by atoms with Crippen molar-refractivity contribution in [2.45, 2.75) is 45.6 Å². The van der Waals surface area contributed by atoms with Crippen LogP contribution in [0.15, 0.2) is 0 Å². The van der Waals surface area contributed by atoms with Gasteiger partial charge >= 0.3 is 0 Å². The number of nitrogens with zero attached hydrogens (tertiary/aromatic N) is 1. The van der Waals surface area contributed by atoms with E-state index in [0.29, 0.717) is 26.1 Å². The van der Waals surface area contributed by atoms with Gasteiger partial charge in [-0.2, -0.15) is 0 Å². The molecule has 1 fully saturated rings. The van der Waals surface area contributed by atoms with Gasteiger partial charge in [0, 0.05) is 39.6 Å². The van der Waals surface area contributed by atoms with Crippen molar-refractivity contribution in [1.29, 1.82) is 0 Å². The summed E-state index contributed by atoms with van der Waals surface area (Å²) in [6.07, 6.45) is 3.56. The standard InChI is InChI=1S/C13H24N2O3/c1-3-7-15(11(2)16)8-6-13(17)14-10-12-5-4-9-18-12/h12H,3-10H2,1-2H3,(H,14,17). The molecule has 2 amide bonds. The fourth-order valence-corrected chi connectivity index (χ4v) is 2.05. The van der Waals surface area contributed by atoms with Gasteiger partial charge in [-0.3, -0.25) is 9.59 Å². The van der Waals surface area contributed by atoms with Crippen LogP contribution < -0.4 is 5.32 Å².